The second-order valence-corrected chi connectivity index (χ2v) is 10.5. The van der Waals surface area contributed by atoms with E-state index in [1.807, 2.05) is 20.8 Å². The summed E-state index contributed by atoms with van der Waals surface area (Å²) < 4.78 is 47.3. The van der Waals surface area contributed by atoms with Gasteiger partial charge in [-0.15, -0.1) is 0 Å². The third-order valence-corrected chi connectivity index (χ3v) is 6.30. The summed E-state index contributed by atoms with van der Waals surface area (Å²) in [5.41, 5.74) is -0.262. The zero-order valence-electron chi connectivity index (χ0n) is 18.7. The molecule has 0 saturated heterocycles. The van der Waals surface area contributed by atoms with E-state index < -0.39 is 21.7 Å². The first-order chi connectivity index (χ1) is 15.4. The number of methoxy groups -OCH3 is 1. The maximum absolute atomic E-state index is 14.6. The summed E-state index contributed by atoms with van der Waals surface area (Å²) in [5.74, 6) is -0.447. The van der Waals surface area contributed by atoms with Crippen LogP contribution in [0.4, 0.5) is 9.18 Å². The normalized spacial score (nSPS) is 11.9. The van der Waals surface area contributed by atoms with Gasteiger partial charge in [0.05, 0.1) is 24.2 Å². The van der Waals surface area contributed by atoms with Crippen LogP contribution in [0.2, 0.25) is 0 Å². The van der Waals surface area contributed by atoms with Crippen LogP contribution in [0.1, 0.15) is 26.5 Å². The molecule has 0 bridgehead atoms. The Morgan fingerprint density at radius 1 is 1.21 bits per heavy atom. The Labute approximate surface area is 191 Å². The van der Waals surface area contributed by atoms with Crippen LogP contribution in [0.5, 0.6) is 5.88 Å². The molecule has 0 aliphatic carbocycles. The Kier molecular flexibility index (Phi) is 6.73. The smallest absolute Gasteiger partial charge is 0.407 e. The molecule has 3 aromatic rings. The molecule has 33 heavy (non-hydrogen) atoms. The summed E-state index contributed by atoms with van der Waals surface area (Å²) in [5, 5.41) is 13.6. The Hall–Kier alpha value is -3.47. The monoisotopic (exact) mass is 476 g/mol. The van der Waals surface area contributed by atoms with Gasteiger partial charge >= 0.3 is 6.09 Å². The lowest BCUT2D eigenvalue weighted by atomic mass is 9.96. The molecule has 0 saturated carbocycles. The number of benzene rings is 1. The van der Waals surface area contributed by atoms with Crippen LogP contribution in [0.15, 0.2) is 58.6 Å². The van der Waals surface area contributed by atoms with E-state index in [4.69, 9.17) is 4.74 Å². The van der Waals surface area contributed by atoms with Crippen molar-refractivity contribution in [2.45, 2.75) is 37.2 Å². The van der Waals surface area contributed by atoms with E-state index in [0.29, 0.717) is 0 Å². The van der Waals surface area contributed by atoms with E-state index >= 15 is 0 Å². The van der Waals surface area contributed by atoms with Crippen LogP contribution in [0.3, 0.4) is 0 Å². The minimum atomic E-state index is -4.18. The van der Waals surface area contributed by atoms with Crippen LogP contribution >= 0.6 is 0 Å². The molecule has 1 N–H and O–H groups in total. The van der Waals surface area contributed by atoms with Crippen LogP contribution in [-0.4, -0.2) is 52.9 Å². The van der Waals surface area contributed by atoms with Gasteiger partial charge in [0.25, 0.3) is 0 Å². The first kappa shape index (κ1) is 24.2. The molecule has 0 spiro atoms. The number of aromatic nitrogens is 3. The number of nitrogens with zero attached hydrogens (tertiary/aromatic N) is 4. The summed E-state index contributed by atoms with van der Waals surface area (Å²) in [6.45, 7) is 5.67. The van der Waals surface area contributed by atoms with Gasteiger partial charge in [0.1, 0.15) is 11.5 Å². The molecule has 3 rings (SSSR count). The molecule has 0 aliphatic heterocycles. The minimum Gasteiger partial charge on any atom is -0.481 e. The van der Waals surface area contributed by atoms with Crippen molar-refractivity contribution in [3.05, 3.63) is 60.2 Å². The number of hydrogen-bond acceptors (Lipinski definition) is 6. The van der Waals surface area contributed by atoms with Crippen LogP contribution in [-0.2, 0) is 16.4 Å². The van der Waals surface area contributed by atoms with Crippen molar-refractivity contribution in [1.29, 1.82) is 0 Å². The van der Waals surface area contributed by atoms with Gasteiger partial charge in [-0.25, -0.2) is 27.3 Å². The fourth-order valence-corrected chi connectivity index (χ4v) is 4.54. The van der Waals surface area contributed by atoms with Gasteiger partial charge in [-0.1, -0.05) is 32.9 Å². The largest absolute Gasteiger partial charge is 0.481 e. The van der Waals surface area contributed by atoms with Gasteiger partial charge in [-0.2, -0.15) is 5.10 Å². The fourth-order valence-electron chi connectivity index (χ4n) is 3.20. The van der Waals surface area contributed by atoms with E-state index in [0.717, 1.165) is 15.8 Å². The molecule has 2 heterocycles. The average molecular weight is 477 g/mol. The number of carbonyl (C=O) groups is 1. The molecule has 1 aromatic carbocycles. The number of carboxylic acid groups (broad SMARTS) is 1. The number of halogens is 1. The van der Waals surface area contributed by atoms with Crippen molar-refractivity contribution in [3.63, 3.8) is 0 Å². The number of rotatable bonds is 7. The lowest BCUT2D eigenvalue weighted by molar-refractivity contribution is 0.122. The van der Waals surface area contributed by atoms with E-state index in [1.165, 1.54) is 43.5 Å². The third kappa shape index (κ3) is 5.48. The standard InChI is InChI=1S/C22H25FN4O5S/c1-22(2,3)14-26(21(28)29)13-15-11-20(27(25-15)18-8-6-5-7-17(18)23)33(30,31)16-9-10-19(32-4)24-12-16/h5-12H,13-14H2,1-4H3,(H,28,29). The Morgan fingerprint density at radius 3 is 2.45 bits per heavy atom. The Morgan fingerprint density at radius 2 is 1.91 bits per heavy atom. The average Bonchev–Trinajstić information content (AvgIpc) is 3.17. The van der Waals surface area contributed by atoms with Crippen LogP contribution in [0, 0.1) is 11.2 Å². The molecule has 1 amide bonds. The molecule has 0 atom stereocenters. The van der Waals surface area contributed by atoms with Gasteiger partial charge in [-0.3, -0.25) is 0 Å². The molecule has 2 aromatic heterocycles. The number of sulfone groups is 1. The SMILES string of the molecule is COc1ccc(S(=O)(=O)c2cc(CN(CC(C)(C)C)C(=O)O)nn2-c2ccccc2F)cn1. The zero-order valence-corrected chi connectivity index (χ0v) is 19.5. The summed E-state index contributed by atoms with van der Waals surface area (Å²) in [6, 6.07) is 9.57. The van der Waals surface area contributed by atoms with Crippen molar-refractivity contribution in [1.82, 2.24) is 19.7 Å². The molecule has 0 unspecified atom stereocenters. The molecular weight excluding hydrogens is 451 g/mol. The topological polar surface area (TPSA) is 115 Å². The van der Waals surface area contributed by atoms with Crippen molar-refractivity contribution in [2.75, 3.05) is 13.7 Å². The van der Waals surface area contributed by atoms with Crippen molar-refractivity contribution >= 4 is 15.9 Å². The molecular formula is C22H25FN4O5S. The maximum Gasteiger partial charge on any atom is 0.407 e. The van der Waals surface area contributed by atoms with E-state index in [2.05, 4.69) is 10.1 Å². The highest BCUT2D eigenvalue weighted by molar-refractivity contribution is 7.91. The maximum atomic E-state index is 14.6. The van der Waals surface area contributed by atoms with Crippen molar-refractivity contribution in [2.24, 2.45) is 5.41 Å². The van der Waals surface area contributed by atoms with Crippen molar-refractivity contribution < 1.29 is 27.4 Å². The Balaban J connectivity index is 2.13. The van der Waals surface area contributed by atoms with Gasteiger partial charge in [0.2, 0.25) is 15.7 Å². The predicted molar refractivity (Wildman–Crippen MR) is 118 cm³/mol. The lowest BCUT2D eigenvalue weighted by Crippen LogP contribution is -2.36. The van der Waals surface area contributed by atoms with E-state index in [1.54, 1.807) is 6.07 Å². The second-order valence-electron chi connectivity index (χ2n) is 8.58. The molecule has 11 heteroatoms. The first-order valence-corrected chi connectivity index (χ1v) is 11.5. The molecule has 9 nitrogen and oxygen atoms in total. The van der Waals surface area contributed by atoms with Crippen LogP contribution in [0.25, 0.3) is 5.69 Å². The highest BCUT2D eigenvalue weighted by Gasteiger charge is 2.28. The number of amides is 1. The molecule has 0 fully saturated rings. The lowest BCUT2D eigenvalue weighted by Gasteiger charge is -2.27. The van der Waals surface area contributed by atoms with E-state index in [9.17, 15) is 22.7 Å². The number of ether oxygens (including phenoxy) is 1. The fraction of sp³-hybridized carbons (Fsp3) is 0.318. The second kappa shape index (κ2) is 9.18. The molecule has 0 aliphatic rings. The summed E-state index contributed by atoms with van der Waals surface area (Å²) in [4.78, 5) is 16.7. The van der Waals surface area contributed by atoms with Gasteiger partial charge in [0.15, 0.2) is 5.03 Å². The summed E-state index contributed by atoms with van der Waals surface area (Å²) in [7, 11) is -2.78. The highest BCUT2D eigenvalue weighted by Crippen LogP contribution is 2.27. The zero-order chi connectivity index (χ0) is 24.4. The van der Waals surface area contributed by atoms with Crippen molar-refractivity contribution in [3.8, 4) is 11.6 Å². The first-order valence-electron chi connectivity index (χ1n) is 9.99. The van der Waals surface area contributed by atoms with Gasteiger partial charge in [-0.05, 0) is 23.6 Å². The number of pyridine rings is 1. The van der Waals surface area contributed by atoms with Gasteiger partial charge < -0.3 is 14.7 Å². The Bertz CT molecular complexity index is 1250. The molecule has 0 radical (unpaired) electrons. The number of hydrogen-bond donors (Lipinski definition) is 1. The number of para-hydroxylation sites is 1. The third-order valence-electron chi connectivity index (χ3n) is 4.60. The predicted octanol–water partition coefficient (Wildman–Crippen LogP) is 3.77. The molecule has 176 valence electrons. The van der Waals surface area contributed by atoms with Crippen LogP contribution < -0.4 is 4.74 Å². The van der Waals surface area contributed by atoms with E-state index in [-0.39, 0.29) is 45.7 Å². The summed E-state index contributed by atoms with van der Waals surface area (Å²) in [6.07, 6.45) is -0.0375. The van der Waals surface area contributed by atoms with Gasteiger partial charge in [0, 0.05) is 24.9 Å². The highest BCUT2D eigenvalue weighted by atomic mass is 32.2. The minimum absolute atomic E-state index is 0.0820. The quantitative estimate of drug-likeness (QED) is 0.552. The summed E-state index contributed by atoms with van der Waals surface area (Å²) >= 11 is 0.